The van der Waals surface area contributed by atoms with Crippen LogP contribution in [-0.4, -0.2) is 41.2 Å². The Morgan fingerprint density at radius 2 is 1.70 bits per heavy atom. The standard InChI is InChI=1S/C27H32N2O4/c1-18(2)15-21(26(31)28-3)17-23(30)24(16-19-9-5-4-6-10-19)33-27(32)25-22-12-8-7-11-20(22)13-14-29-25/h4-14,18,21,23-24,30H,15-17H2,1-3H3,(H,28,31)/t21-,23+,24+/m1/s1. The summed E-state index contributed by atoms with van der Waals surface area (Å²) in [5.41, 5.74) is 1.14. The summed E-state index contributed by atoms with van der Waals surface area (Å²) in [5.74, 6) is -0.803. The van der Waals surface area contributed by atoms with Gasteiger partial charge in [0.25, 0.3) is 0 Å². The van der Waals surface area contributed by atoms with E-state index in [0.29, 0.717) is 18.2 Å². The Morgan fingerprint density at radius 1 is 1.00 bits per heavy atom. The Morgan fingerprint density at radius 3 is 2.39 bits per heavy atom. The van der Waals surface area contributed by atoms with Crippen molar-refractivity contribution < 1.29 is 19.4 Å². The Bertz CT molecular complexity index is 1060. The van der Waals surface area contributed by atoms with Crippen LogP contribution in [0.5, 0.6) is 0 Å². The number of carbonyl (C=O) groups is 2. The number of esters is 1. The van der Waals surface area contributed by atoms with Crippen LogP contribution in [0.1, 0.15) is 42.7 Å². The van der Waals surface area contributed by atoms with Crippen LogP contribution in [0, 0.1) is 11.8 Å². The van der Waals surface area contributed by atoms with E-state index in [1.165, 1.54) is 0 Å². The van der Waals surface area contributed by atoms with E-state index in [1.807, 2.05) is 74.5 Å². The maximum Gasteiger partial charge on any atom is 0.357 e. The number of pyridine rings is 1. The number of nitrogens with one attached hydrogen (secondary N) is 1. The molecule has 0 aliphatic heterocycles. The monoisotopic (exact) mass is 448 g/mol. The molecule has 174 valence electrons. The van der Waals surface area contributed by atoms with Crippen LogP contribution in [0.4, 0.5) is 0 Å². The van der Waals surface area contributed by atoms with Crippen LogP contribution in [0.25, 0.3) is 10.8 Å². The van der Waals surface area contributed by atoms with Gasteiger partial charge < -0.3 is 15.2 Å². The predicted molar refractivity (Wildman–Crippen MR) is 129 cm³/mol. The minimum atomic E-state index is -1.01. The molecule has 0 radical (unpaired) electrons. The average Bonchev–Trinajstić information content (AvgIpc) is 2.82. The molecule has 1 aromatic heterocycles. The molecule has 2 aromatic carbocycles. The highest BCUT2D eigenvalue weighted by molar-refractivity contribution is 6.02. The molecule has 1 heterocycles. The molecular formula is C27H32N2O4. The molecular weight excluding hydrogens is 416 g/mol. The molecule has 33 heavy (non-hydrogen) atoms. The van der Waals surface area contributed by atoms with Gasteiger partial charge in [0.2, 0.25) is 5.91 Å². The van der Waals surface area contributed by atoms with Crippen molar-refractivity contribution in [2.45, 2.75) is 45.3 Å². The Hall–Kier alpha value is -3.25. The van der Waals surface area contributed by atoms with Gasteiger partial charge in [0, 0.05) is 31.0 Å². The minimum Gasteiger partial charge on any atom is -0.455 e. The molecule has 2 N–H and O–H groups in total. The van der Waals surface area contributed by atoms with E-state index in [9.17, 15) is 14.7 Å². The Balaban J connectivity index is 1.85. The van der Waals surface area contributed by atoms with Gasteiger partial charge in [0.05, 0.1) is 6.10 Å². The first-order chi connectivity index (χ1) is 15.9. The molecule has 3 atom stereocenters. The number of hydrogen-bond acceptors (Lipinski definition) is 5. The number of fused-ring (bicyclic) bond motifs is 1. The molecule has 0 aliphatic carbocycles. The third-order valence-electron chi connectivity index (χ3n) is 5.73. The fourth-order valence-corrected chi connectivity index (χ4v) is 4.11. The highest BCUT2D eigenvalue weighted by Crippen LogP contribution is 2.24. The molecule has 3 rings (SSSR count). The maximum atomic E-state index is 13.1. The first kappa shape index (κ1) is 24.4. The number of amides is 1. The largest absolute Gasteiger partial charge is 0.455 e. The van der Waals surface area contributed by atoms with Crippen LogP contribution in [-0.2, 0) is 16.0 Å². The van der Waals surface area contributed by atoms with Gasteiger partial charge in [-0.25, -0.2) is 9.78 Å². The summed E-state index contributed by atoms with van der Waals surface area (Å²) in [5, 5.41) is 15.4. The van der Waals surface area contributed by atoms with Crippen molar-refractivity contribution >= 4 is 22.6 Å². The van der Waals surface area contributed by atoms with Crippen molar-refractivity contribution in [3.63, 3.8) is 0 Å². The summed E-state index contributed by atoms with van der Waals surface area (Å²) < 4.78 is 5.85. The van der Waals surface area contributed by atoms with Gasteiger partial charge in [-0.1, -0.05) is 68.4 Å². The Kier molecular flexibility index (Phi) is 8.55. The summed E-state index contributed by atoms with van der Waals surface area (Å²) >= 11 is 0. The lowest BCUT2D eigenvalue weighted by atomic mass is 9.88. The van der Waals surface area contributed by atoms with Crippen molar-refractivity contribution in [3.8, 4) is 0 Å². The van der Waals surface area contributed by atoms with E-state index in [-0.39, 0.29) is 29.9 Å². The fraction of sp³-hybridized carbons (Fsp3) is 0.370. The van der Waals surface area contributed by atoms with Gasteiger partial charge in [-0.15, -0.1) is 0 Å². The summed E-state index contributed by atoms with van der Waals surface area (Å²) in [7, 11) is 1.59. The van der Waals surface area contributed by atoms with E-state index < -0.39 is 18.2 Å². The van der Waals surface area contributed by atoms with Gasteiger partial charge in [-0.2, -0.15) is 0 Å². The smallest absolute Gasteiger partial charge is 0.357 e. The molecule has 0 unspecified atom stereocenters. The molecule has 6 nitrogen and oxygen atoms in total. The zero-order chi connectivity index (χ0) is 23.8. The topological polar surface area (TPSA) is 88.5 Å². The molecule has 1 amide bonds. The van der Waals surface area contributed by atoms with Crippen LogP contribution < -0.4 is 5.32 Å². The predicted octanol–water partition coefficient (Wildman–Crippen LogP) is 4.16. The number of ether oxygens (including phenoxy) is 1. The molecule has 6 heteroatoms. The summed E-state index contributed by atoms with van der Waals surface area (Å²) in [6.07, 6.45) is 0.913. The molecule has 0 fully saturated rings. The van der Waals surface area contributed by atoms with Gasteiger partial charge in [-0.3, -0.25) is 4.79 Å². The quantitative estimate of drug-likeness (QED) is 0.455. The number of rotatable bonds is 10. The summed E-state index contributed by atoms with van der Waals surface area (Å²) in [6.45, 7) is 4.08. The number of aliphatic hydroxyl groups is 1. The number of nitrogens with zero attached hydrogens (tertiary/aromatic N) is 1. The SMILES string of the molecule is CNC(=O)[C@H](CC(C)C)C[C@H](O)[C@H](Cc1ccccc1)OC(=O)c1nccc2ccccc12. The van der Waals surface area contributed by atoms with Gasteiger partial charge in [0.15, 0.2) is 5.69 Å². The second kappa shape index (κ2) is 11.6. The zero-order valence-corrected chi connectivity index (χ0v) is 19.4. The minimum absolute atomic E-state index is 0.122. The van der Waals surface area contributed by atoms with Crippen LogP contribution in [0.15, 0.2) is 66.9 Å². The fourth-order valence-electron chi connectivity index (χ4n) is 4.11. The van der Waals surface area contributed by atoms with Crippen LogP contribution >= 0.6 is 0 Å². The number of hydrogen-bond donors (Lipinski definition) is 2. The second-order valence-corrected chi connectivity index (χ2v) is 8.76. The van der Waals surface area contributed by atoms with Gasteiger partial charge in [-0.05, 0) is 35.8 Å². The zero-order valence-electron chi connectivity index (χ0n) is 19.4. The first-order valence-electron chi connectivity index (χ1n) is 11.4. The number of carbonyl (C=O) groups excluding carboxylic acids is 2. The van der Waals surface area contributed by atoms with Crippen molar-refractivity contribution in [1.82, 2.24) is 10.3 Å². The van der Waals surface area contributed by atoms with E-state index >= 15 is 0 Å². The van der Waals surface area contributed by atoms with Crippen molar-refractivity contribution in [3.05, 3.63) is 78.1 Å². The molecule has 3 aromatic rings. The lowest BCUT2D eigenvalue weighted by Gasteiger charge is -2.27. The number of benzene rings is 2. The van der Waals surface area contributed by atoms with Crippen molar-refractivity contribution in [2.24, 2.45) is 11.8 Å². The normalized spacial score (nSPS) is 14.0. The summed E-state index contributed by atoms with van der Waals surface area (Å²) in [6, 6.07) is 18.9. The van der Waals surface area contributed by atoms with E-state index in [2.05, 4.69) is 10.3 Å². The lowest BCUT2D eigenvalue weighted by molar-refractivity contribution is -0.126. The van der Waals surface area contributed by atoms with Gasteiger partial charge in [0.1, 0.15) is 6.10 Å². The number of aliphatic hydroxyl groups excluding tert-OH is 1. The van der Waals surface area contributed by atoms with Crippen molar-refractivity contribution in [1.29, 1.82) is 0 Å². The van der Waals surface area contributed by atoms with Crippen molar-refractivity contribution in [2.75, 3.05) is 7.05 Å². The average molecular weight is 449 g/mol. The highest BCUT2D eigenvalue weighted by atomic mass is 16.6. The Labute approximate surface area is 195 Å². The van der Waals surface area contributed by atoms with E-state index in [1.54, 1.807) is 13.2 Å². The second-order valence-electron chi connectivity index (χ2n) is 8.76. The third-order valence-corrected chi connectivity index (χ3v) is 5.73. The van der Waals surface area contributed by atoms with E-state index in [4.69, 9.17) is 4.74 Å². The lowest BCUT2D eigenvalue weighted by Crippen LogP contribution is -2.38. The number of aromatic nitrogens is 1. The first-order valence-corrected chi connectivity index (χ1v) is 11.4. The molecule has 0 saturated carbocycles. The highest BCUT2D eigenvalue weighted by Gasteiger charge is 2.30. The molecule has 0 bridgehead atoms. The maximum absolute atomic E-state index is 13.1. The molecule has 0 aliphatic rings. The van der Waals surface area contributed by atoms with Gasteiger partial charge >= 0.3 is 5.97 Å². The van der Waals surface area contributed by atoms with Crippen LogP contribution in [0.2, 0.25) is 0 Å². The molecule has 0 saturated heterocycles. The van der Waals surface area contributed by atoms with Crippen LogP contribution in [0.3, 0.4) is 0 Å². The van der Waals surface area contributed by atoms with E-state index in [0.717, 1.165) is 10.9 Å². The third kappa shape index (κ3) is 6.62. The summed E-state index contributed by atoms with van der Waals surface area (Å²) in [4.78, 5) is 29.8. The molecule has 0 spiro atoms.